The average Bonchev–Trinajstić information content (AvgIpc) is 2.32. The molecule has 0 saturated heterocycles. The molecular formula is C12H15NO4S. The number of sulfone groups is 1. The van der Waals surface area contributed by atoms with Crippen LogP contribution in [0, 0.1) is 0 Å². The number of carboxylic acids is 1. The molecule has 1 unspecified atom stereocenters. The molecule has 0 bridgehead atoms. The van der Waals surface area contributed by atoms with E-state index in [0.717, 1.165) is 5.56 Å². The second-order valence-electron chi connectivity index (χ2n) is 4.36. The molecule has 6 heteroatoms. The summed E-state index contributed by atoms with van der Waals surface area (Å²) < 4.78 is 24.2. The Labute approximate surface area is 106 Å². The number of aryl methyl sites for hydroxylation is 1. The predicted octanol–water partition coefficient (Wildman–Crippen LogP) is 0.926. The molecule has 0 saturated carbocycles. The summed E-state index contributed by atoms with van der Waals surface area (Å²) in [4.78, 5) is 12.9. The molecule has 0 spiro atoms. The fourth-order valence-electron chi connectivity index (χ4n) is 2.31. The standard InChI is InChI=1S/C12H15NO4S/c1-3-8-5-4-6-10-11(8)13(2)9(12(14)15)7-18(10,16)17/h4-6,9H,3,7H2,1-2H3,(H,14,15). The lowest BCUT2D eigenvalue weighted by Gasteiger charge is -2.34. The molecule has 0 amide bonds. The van der Waals surface area contributed by atoms with Crippen LogP contribution in [-0.2, 0) is 21.1 Å². The van der Waals surface area contributed by atoms with Gasteiger partial charge in [-0.3, -0.25) is 0 Å². The Bertz CT molecular complexity index is 594. The highest BCUT2D eigenvalue weighted by atomic mass is 32.2. The quantitative estimate of drug-likeness (QED) is 0.864. The molecule has 0 radical (unpaired) electrons. The van der Waals surface area contributed by atoms with E-state index in [9.17, 15) is 13.2 Å². The monoisotopic (exact) mass is 269 g/mol. The van der Waals surface area contributed by atoms with Gasteiger partial charge in [0.05, 0.1) is 16.3 Å². The van der Waals surface area contributed by atoms with Crippen molar-refractivity contribution in [3.05, 3.63) is 23.8 Å². The fourth-order valence-corrected chi connectivity index (χ4v) is 4.12. The summed E-state index contributed by atoms with van der Waals surface area (Å²) in [6, 6.07) is 4.05. The third-order valence-corrected chi connectivity index (χ3v) is 5.04. The maximum absolute atomic E-state index is 12.1. The van der Waals surface area contributed by atoms with Crippen LogP contribution in [0.3, 0.4) is 0 Å². The van der Waals surface area contributed by atoms with Crippen molar-refractivity contribution >= 4 is 21.5 Å². The Morgan fingerprint density at radius 3 is 2.72 bits per heavy atom. The van der Waals surface area contributed by atoms with Crippen LogP contribution in [0.5, 0.6) is 0 Å². The molecule has 1 aliphatic heterocycles. The lowest BCUT2D eigenvalue weighted by molar-refractivity contribution is -0.138. The van der Waals surface area contributed by atoms with E-state index in [4.69, 9.17) is 5.11 Å². The molecule has 1 aromatic rings. The van der Waals surface area contributed by atoms with Gasteiger partial charge in [0, 0.05) is 7.05 Å². The van der Waals surface area contributed by atoms with E-state index in [0.29, 0.717) is 12.1 Å². The minimum absolute atomic E-state index is 0.238. The second kappa shape index (κ2) is 4.28. The van der Waals surface area contributed by atoms with E-state index in [1.807, 2.05) is 13.0 Å². The van der Waals surface area contributed by atoms with E-state index >= 15 is 0 Å². The summed E-state index contributed by atoms with van der Waals surface area (Å²) in [5.41, 5.74) is 1.38. The number of likely N-dealkylation sites (N-methyl/N-ethyl adjacent to an activating group) is 1. The maximum atomic E-state index is 12.1. The van der Waals surface area contributed by atoms with E-state index in [1.165, 1.54) is 0 Å². The van der Waals surface area contributed by atoms with Crippen LogP contribution in [0.2, 0.25) is 0 Å². The molecule has 5 nitrogen and oxygen atoms in total. The van der Waals surface area contributed by atoms with Gasteiger partial charge in [0.25, 0.3) is 0 Å². The number of benzene rings is 1. The number of anilines is 1. The topological polar surface area (TPSA) is 74.7 Å². The van der Waals surface area contributed by atoms with Crippen molar-refractivity contribution in [1.29, 1.82) is 0 Å². The summed E-state index contributed by atoms with van der Waals surface area (Å²) in [7, 11) is -1.89. The first-order chi connectivity index (χ1) is 8.38. The number of rotatable bonds is 2. The normalized spacial score (nSPS) is 21.4. The van der Waals surface area contributed by atoms with Crippen LogP contribution >= 0.6 is 0 Å². The summed E-state index contributed by atoms with van der Waals surface area (Å²) >= 11 is 0. The molecule has 1 aliphatic rings. The van der Waals surface area contributed by atoms with Crippen LogP contribution < -0.4 is 4.90 Å². The third-order valence-electron chi connectivity index (χ3n) is 3.28. The SMILES string of the molecule is CCc1cccc2c1N(C)C(C(=O)O)CS2(=O)=O. The molecule has 0 fully saturated rings. The summed E-state index contributed by atoms with van der Waals surface area (Å²) in [6.07, 6.45) is 0.662. The lowest BCUT2D eigenvalue weighted by atomic mass is 10.1. The molecule has 1 atom stereocenters. The maximum Gasteiger partial charge on any atom is 0.327 e. The van der Waals surface area contributed by atoms with E-state index in [2.05, 4.69) is 0 Å². The highest BCUT2D eigenvalue weighted by Gasteiger charge is 2.38. The van der Waals surface area contributed by atoms with Gasteiger partial charge in [0.15, 0.2) is 9.84 Å². The average molecular weight is 269 g/mol. The first-order valence-corrected chi connectivity index (χ1v) is 7.34. The van der Waals surface area contributed by atoms with Crippen molar-refractivity contribution in [1.82, 2.24) is 0 Å². The number of carboxylic acid groups (broad SMARTS) is 1. The van der Waals surface area contributed by atoms with Gasteiger partial charge in [0.2, 0.25) is 0 Å². The smallest absolute Gasteiger partial charge is 0.327 e. The zero-order valence-corrected chi connectivity index (χ0v) is 11.1. The highest BCUT2D eigenvalue weighted by Crippen LogP contribution is 2.35. The van der Waals surface area contributed by atoms with Gasteiger partial charge in [0.1, 0.15) is 6.04 Å². The van der Waals surface area contributed by atoms with E-state index in [1.54, 1.807) is 24.1 Å². The zero-order chi connectivity index (χ0) is 13.5. The number of para-hydroxylation sites is 1. The van der Waals surface area contributed by atoms with Gasteiger partial charge < -0.3 is 10.0 Å². The summed E-state index contributed by atoms with van der Waals surface area (Å²) in [6.45, 7) is 1.92. The Hall–Kier alpha value is -1.56. The predicted molar refractivity (Wildman–Crippen MR) is 67.7 cm³/mol. The summed E-state index contributed by atoms with van der Waals surface area (Å²) in [5, 5.41) is 9.12. The number of carbonyl (C=O) groups is 1. The second-order valence-corrected chi connectivity index (χ2v) is 6.37. The van der Waals surface area contributed by atoms with Crippen molar-refractivity contribution in [3.8, 4) is 0 Å². The van der Waals surface area contributed by atoms with Gasteiger partial charge in [-0.2, -0.15) is 0 Å². The first-order valence-electron chi connectivity index (χ1n) is 5.68. The van der Waals surface area contributed by atoms with Crippen molar-refractivity contribution < 1.29 is 18.3 Å². The molecule has 1 N–H and O–H groups in total. The Kier molecular flexibility index (Phi) is 3.06. The largest absolute Gasteiger partial charge is 0.480 e. The molecule has 18 heavy (non-hydrogen) atoms. The Morgan fingerprint density at radius 2 is 2.17 bits per heavy atom. The molecule has 98 valence electrons. The number of hydrogen-bond donors (Lipinski definition) is 1. The van der Waals surface area contributed by atoms with Gasteiger partial charge in [-0.05, 0) is 18.1 Å². The van der Waals surface area contributed by atoms with Gasteiger partial charge in [-0.25, -0.2) is 13.2 Å². The minimum Gasteiger partial charge on any atom is -0.480 e. The van der Waals surface area contributed by atoms with Crippen LogP contribution in [0.4, 0.5) is 5.69 Å². The van der Waals surface area contributed by atoms with Crippen LogP contribution in [0.1, 0.15) is 12.5 Å². The van der Waals surface area contributed by atoms with E-state index < -0.39 is 21.8 Å². The number of aliphatic carboxylic acids is 1. The zero-order valence-electron chi connectivity index (χ0n) is 10.3. The third kappa shape index (κ3) is 1.86. The van der Waals surface area contributed by atoms with Crippen LogP contribution in [0.25, 0.3) is 0 Å². The fraction of sp³-hybridized carbons (Fsp3) is 0.417. The van der Waals surface area contributed by atoms with Gasteiger partial charge in [-0.15, -0.1) is 0 Å². The van der Waals surface area contributed by atoms with Crippen LogP contribution in [0.15, 0.2) is 23.1 Å². The molecule has 0 aromatic heterocycles. The summed E-state index contributed by atoms with van der Waals surface area (Å²) in [5.74, 6) is -1.49. The highest BCUT2D eigenvalue weighted by molar-refractivity contribution is 7.91. The van der Waals surface area contributed by atoms with Gasteiger partial charge >= 0.3 is 5.97 Å². The van der Waals surface area contributed by atoms with E-state index in [-0.39, 0.29) is 10.6 Å². The van der Waals surface area contributed by atoms with Gasteiger partial charge in [-0.1, -0.05) is 19.1 Å². The molecule has 1 heterocycles. The van der Waals surface area contributed by atoms with Crippen LogP contribution in [-0.4, -0.2) is 38.3 Å². The Morgan fingerprint density at radius 1 is 1.50 bits per heavy atom. The van der Waals surface area contributed by atoms with Crippen molar-refractivity contribution in [3.63, 3.8) is 0 Å². The Balaban J connectivity index is 2.71. The van der Waals surface area contributed by atoms with Crippen molar-refractivity contribution in [2.45, 2.75) is 24.3 Å². The molecular weight excluding hydrogens is 254 g/mol. The van der Waals surface area contributed by atoms with Crippen molar-refractivity contribution in [2.75, 3.05) is 17.7 Å². The minimum atomic E-state index is -3.52. The number of nitrogens with zero attached hydrogens (tertiary/aromatic N) is 1. The first kappa shape index (κ1) is 12.9. The number of fused-ring (bicyclic) bond motifs is 1. The number of hydrogen-bond acceptors (Lipinski definition) is 4. The molecule has 1 aromatic carbocycles. The lowest BCUT2D eigenvalue weighted by Crippen LogP contribution is -2.47. The molecule has 0 aliphatic carbocycles. The van der Waals surface area contributed by atoms with Crippen molar-refractivity contribution in [2.24, 2.45) is 0 Å². The molecule has 2 rings (SSSR count).